The van der Waals surface area contributed by atoms with Gasteiger partial charge in [0.25, 0.3) is 11.4 Å². The van der Waals surface area contributed by atoms with Gasteiger partial charge in [0.05, 0.1) is 23.1 Å². The predicted octanol–water partition coefficient (Wildman–Crippen LogP) is 1.75. The maximum absolute atomic E-state index is 11.1. The lowest BCUT2D eigenvalue weighted by Gasteiger charge is -2.24. The highest BCUT2D eigenvalue weighted by Gasteiger charge is 2.48. The van der Waals surface area contributed by atoms with Gasteiger partial charge in [-0.3, -0.25) is 20.2 Å². The van der Waals surface area contributed by atoms with Crippen LogP contribution in [0.4, 0.5) is 11.4 Å². The number of nitrogens with zero attached hydrogens (tertiary/aromatic N) is 2. The average Bonchev–Trinajstić information content (AvgIpc) is 3.46. The van der Waals surface area contributed by atoms with Crippen molar-refractivity contribution in [3.05, 3.63) is 79.9 Å². The molecule has 32 heavy (non-hydrogen) atoms. The van der Waals surface area contributed by atoms with Crippen LogP contribution in [0, 0.1) is 20.2 Å². The molecular weight excluding hydrogens is 428 g/mol. The Hall–Kier alpha value is -3.00. The Morgan fingerprint density at radius 3 is 2.09 bits per heavy atom. The molecule has 0 bridgehead atoms. The predicted molar refractivity (Wildman–Crippen MR) is 105 cm³/mol. The maximum atomic E-state index is 11.1. The molecule has 0 spiro atoms. The summed E-state index contributed by atoms with van der Waals surface area (Å²) in [5.74, 6) is 0. The van der Waals surface area contributed by atoms with E-state index in [9.17, 15) is 30.4 Å². The Morgan fingerprint density at radius 1 is 0.938 bits per heavy atom. The molecule has 2 N–H and O–H groups in total. The first-order valence-electron chi connectivity index (χ1n) is 9.73. The number of aliphatic hydroxyl groups is 2. The fourth-order valence-corrected chi connectivity index (χ4v) is 3.68. The summed E-state index contributed by atoms with van der Waals surface area (Å²) in [4.78, 5) is 21.0. The van der Waals surface area contributed by atoms with Crippen LogP contribution in [0.1, 0.15) is 23.7 Å². The van der Waals surface area contributed by atoms with Crippen LogP contribution < -0.4 is 0 Å². The van der Waals surface area contributed by atoms with Gasteiger partial charge in [0.1, 0.15) is 24.4 Å². The van der Waals surface area contributed by atoms with Crippen LogP contribution in [0.5, 0.6) is 0 Å². The third-order valence-corrected chi connectivity index (χ3v) is 5.23. The van der Waals surface area contributed by atoms with Crippen LogP contribution in [-0.4, -0.2) is 57.7 Å². The molecule has 2 aromatic rings. The van der Waals surface area contributed by atoms with Gasteiger partial charge >= 0.3 is 0 Å². The molecule has 2 heterocycles. The summed E-state index contributed by atoms with van der Waals surface area (Å²) < 4.78 is 23.2. The van der Waals surface area contributed by atoms with E-state index in [1.165, 1.54) is 36.4 Å². The van der Waals surface area contributed by atoms with E-state index in [2.05, 4.69) is 0 Å². The second-order valence-corrected chi connectivity index (χ2v) is 7.33. The smallest absolute Gasteiger partial charge is 0.269 e. The quantitative estimate of drug-likeness (QED) is 0.471. The van der Waals surface area contributed by atoms with E-state index in [0.29, 0.717) is 11.1 Å². The highest BCUT2D eigenvalue weighted by molar-refractivity contribution is 5.36. The van der Waals surface area contributed by atoms with E-state index in [4.69, 9.17) is 18.9 Å². The van der Waals surface area contributed by atoms with E-state index < -0.39 is 53.4 Å². The Labute approximate surface area is 181 Å². The van der Waals surface area contributed by atoms with Crippen molar-refractivity contribution in [2.45, 2.75) is 37.0 Å². The van der Waals surface area contributed by atoms with E-state index in [0.717, 1.165) is 0 Å². The molecule has 12 heteroatoms. The van der Waals surface area contributed by atoms with Gasteiger partial charge in [-0.1, -0.05) is 24.3 Å². The molecule has 2 fully saturated rings. The molecule has 170 valence electrons. The molecule has 2 aliphatic heterocycles. The Bertz CT molecular complexity index is 1000. The van der Waals surface area contributed by atoms with Gasteiger partial charge in [0, 0.05) is 35.4 Å². The van der Waals surface area contributed by atoms with Crippen LogP contribution in [0.3, 0.4) is 0 Å². The summed E-state index contributed by atoms with van der Waals surface area (Å²) in [7, 11) is 0. The number of non-ortho nitro benzene ring substituents is 2. The summed E-state index contributed by atoms with van der Waals surface area (Å²) in [5.41, 5.74) is 0.544. The molecule has 0 saturated carbocycles. The van der Waals surface area contributed by atoms with Gasteiger partial charge in [0.2, 0.25) is 0 Å². The molecule has 12 nitrogen and oxygen atoms in total. The van der Waals surface area contributed by atoms with Gasteiger partial charge in [-0.05, 0) is 0 Å². The summed E-state index contributed by atoms with van der Waals surface area (Å²) in [6, 6.07) is 11.5. The van der Waals surface area contributed by atoms with Crippen molar-refractivity contribution >= 4 is 11.4 Å². The van der Waals surface area contributed by atoms with Crippen LogP contribution >= 0.6 is 0 Å². The number of benzene rings is 2. The fraction of sp³-hybridized carbons (Fsp3) is 0.400. The molecule has 0 amide bonds. The molecule has 0 radical (unpaired) electrons. The Kier molecular flexibility index (Phi) is 6.41. The zero-order chi connectivity index (χ0) is 22.8. The average molecular weight is 448 g/mol. The van der Waals surface area contributed by atoms with Gasteiger partial charge in [-0.15, -0.1) is 0 Å². The highest BCUT2D eigenvalue weighted by atomic mass is 16.8. The Balaban J connectivity index is 1.52. The van der Waals surface area contributed by atoms with E-state index in [-0.39, 0.29) is 18.0 Å². The van der Waals surface area contributed by atoms with E-state index >= 15 is 0 Å². The van der Waals surface area contributed by atoms with Crippen molar-refractivity contribution in [3.8, 4) is 0 Å². The van der Waals surface area contributed by atoms with Crippen molar-refractivity contribution in [2.24, 2.45) is 0 Å². The first-order valence-corrected chi connectivity index (χ1v) is 9.73. The van der Waals surface area contributed by atoms with Crippen molar-refractivity contribution in [1.29, 1.82) is 0 Å². The van der Waals surface area contributed by atoms with Gasteiger partial charge in [0.15, 0.2) is 12.6 Å². The van der Waals surface area contributed by atoms with Crippen molar-refractivity contribution in [3.63, 3.8) is 0 Å². The molecular formula is C20H20N2O10. The highest BCUT2D eigenvalue weighted by Crippen LogP contribution is 2.39. The van der Waals surface area contributed by atoms with Crippen LogP contribution in [0.2, 0.25) is 0 Å². The van der Waals surface area contributed by atoms with Gasteiger partial charge in [-0.2, -0.15) is 0 Å². The molecule has 2 aliphatic rings. The number of ether oxygens (including phenoxy) is 4. The zero-order valence-electron chi connectivity index (χ0n) is 16.6. The summed E-state index contributed by atoms with van der Waals surface area (Å²) in [6.07, 6.45) is -5.83. The molecule has 2 unspecified atom stereocenters. The molecule has 0 aliphatic carbocycles. The molecule has 2 saturated heterocycles. The summed E-state index contributed by atoms with van der Waals surface area (Å²) >= 11 is 0. The van der Waals surface area contributed by atoms with E-state index in [1.807, 2.05) is 0 Å². The van der Waals surface area contributed by atoms with Crippen LogP contribution in [0.25, 0.3) is 0 Å². The van der Waals surface area contributed by atoms with Crippen molar-refractivity contribution < 1.29 is 39.0 Å². The lowest BCUT2D eigenvalue weighted by molar-refractivity contribution is -0.385. The molecule has 4 rings (SSSR count). The third-order valence-electron chi connectivity index (χ3n) is 5.23. The summed E-state index contributed by atoms with van der Waals surface area (Å²) in [6.45, 7) is -0.564. The van der Waals surface area contributed by atoms with Gasteiger partial charge in [-0.25, -0.2) is 0 Å². The lowest BCUT2D eigenvalue weighted by Crippen LogP contribution is -2.44. The first kappa shape index (κ1) is 22.2. The minimum Gasteiger partial charge on any atom is -0.394 e. The van der Waals surface area contributed by atoms with Gasteiger partial charge < -0.3 is 29.2 Å². The first-order chi connectivity index (χ1) is 15.4. The van der Waals surface area contributed by atoms with Crippen molar-refractivity contribution in [2.75, 3.05) is 13.2 Å². The van der Waals surface area contributed by atoms with Crippen LogP contribution in [0.15, 0.2) is 48.5 Å². The molecule has 2 aromatic carbocycles. The topological polar surface area (TPSA) is 164 Å². The number of nitro groups is 2. The largest absolute Gasteiger partial charge is 0.394 e. The van der Waals surface area contributed by atoms with Crippen LogP contribution in [-0.2, 0) is 18.9 Å². The number of rotatable bonds is 7. The number of nitro benzene ring substituents is 2. The lowest BCUT2D eigenvalue weighted by atomic mass is 10.0. The number of hydrogen-bond donors (Lipinski definition) is 2. The molecule has 6 atom stereocenters. The molecule has 0 aromatic heterocycles. The maximum Gasteiger partial charge on any atom is 0.269 e. The van der Waals surface area contributed by atoms with Crippen molar-refractivity contribution in [1.82, 2.24) is 0 Å². The fourth-order valence-electron chi connectivity index (χ4n) is 3.68. The minimum atomic E-state index is -1.30. The number of hydrogen-bond acceptors (Lipinski definition) is 10. The number of aliphatic hydroxyl groups excluding tert-OH is 2. The van der Waals surface area contributed by atoms with E-state index in [1.54, 1.807) is 12.1 Å². The normalized spacial score (nSPS) is 28.5. The second kappa shape index (κ2) is 9.24. The zero-order valence-corrected chi connectivity index (χ0v) is 16.6. The third kappa shape index (κ3) is 4.46. The second-order valence-electron chi connectivity index (χ2n) is 7.33. The Morgan fingerprint density at radius 2 is 1.53 bits per heavy atom. The monoisotopic (exact) mass is 448 g/mol. The SMILES string of the molecule is O=[N+]([O-])c1cccc(C2O[C@@H]([C@H](O)CO)[C@H]([C@@H]3COC(c4cccc([N+](=O)[O-])c4)O3)O2)c1. The summed E-state index contributed by atoms with van der Waals surface area (Å²) in [5, 5.41) is 41.8. The minimum absolute atomic E-state index is 0.0394. The standard InChI is InChI=1S/C20H20N2O10/c23-9-15(24)17-18(32-20(31-17)12-4-2-6-14(8-12)22(27)28)16-10-29-19(30-16)11-3-1-5-13(7-11)21(25)26/h1-8,15-20,23-24H,9-10H2/t15-,16+,17+,18+,19?,20?/m1/s1.